The van der Waals surface area contributed by atoms with Crippen LogP contribution in [0.3, 0.4) is 0 Å². The Morgan fingerprint density at radius 3 is 0.533 bits per heavy atom. The van der Waals surface area contributed by atoms with Gasteiger partial charge in [-0.2, -0.15) is 0 Å². The molecule has 0 bridgehead atoms. The van der Waals surface area contributed by atoms with Gasteiger partial charge in [0.05, 0.1) is 0 Å². The van der Waals surface area contributed by atoms with E-state index in [-0.39, 0.29) is 0 Å². The van der Waals surface area contributed by atoms with Crippen LogP contribution in [0.25, 0.3) is 0 Å². The first-order valence-corrected chi connectivity index (χ1v) is 4.86. The molecular formula is C8H30N7. The van der Waals surface area contributed by atoms with Gasteiger partial charge >= 0.3 is 0 Å². The van der Waals surface area contributed by atoms with Crippen molar-refractivity contribution >= 4 is 0 Å². The molecule has 0 aromatic rings. The molecule has 0 unspecified atom stereocenters. The molecule has 0 aromatic carbocycles. The van der Waals surface area contributed by atoms with Gasteiger partial charge in [0.1, 0.15) is 0 Å². The van der Waals surface area contributed by atoms with Gasteiger partial charge in [-0.1, -0.05) is 0 Å². The van der Waals surface area contributed by atoms with Crippen LogP contribution in [0.1, 0.15) is 0 Å². The highest BCUT2D eigenvalue weighted by Gasteiger charge is 1.55. The Balaban J connectivity index is -0.0000000542. The van der Waals surface area contributed by atoms with E-state index in [1.54, 1.807) is 0 Å². The van der Waals surface area contributed by atoms with Gasteiger partial charge in [0, 0.05) is 39.3 Å². The Bertz CT molecular complexity index is 38.7. The molecule has 0 aromatic heterocycles. The second kappa shape index (κ2) is 49.2. The molecule has 0 saturated carbocycles. The summed E-state index contributed by atoms with van der Waals surface area (Å²) < 4.78 is 0. The van der Waals surface area contributed by atoms with Crippen LogP contribution in [0.4, 0.5) is 0 Å². The lowest BCUT2D eigenvalue weighted by Crippen LogP contribution is -2.11. The normalized spacial score (nSPS) is 7.20. The van der Waals surface area contributed by atoms with Gasteiger partial charge in [0.2, 0.25) is 0 Å². The van der Waals surface area contributed by atoms with Crippen molar-refractivity contribution in [3.63, 3.8) is 0 Å². The second-order valence-electron chi connectivity index (χ2n) is 2.02. The quantitative estimate of drug-likeness (QED) is 0.259. The minimum Gasteiger partial charge on any atom is -0.330 e. The van der Waals surface area contributed by atoms with Crippen molar-refractivity contribution in [1.82, 2.24) is 0 Å². The van der Waals surface area contributed by atoms with Gasteiger partial charge in [-0.15, -0.1) is 0 Å². The lowest BCUT2D eigenvalue weighted by molar-refractivity contribution is 0.976. The van der Waals surface area contributed by atoms with Crippen LogP contribution in [-0.2, 0) is 0 Å². The van der Waals surface area contributed by atoms with Crippen LogP contribution < -0.4 is 40.1 Å². The second-order valence-corrected chi connectivity index (χ2v) is 2.02. The van der Waals surface area contributed by atoms with E-state index >= 15 is 0 Å². The maximum absolute atomic E-state index is 4.90. The van der Waals surface area contributed by atoms with Crippen molar-refractivity contribution in [2.75, 3.05) is 45.8 Å². The highest BCUT2D eigenvalue weighted by molar-refractivity contribution is 4.27. The summed E-state index contributed by atoms with van der Waals surface area (Å²) in [5.74, 6) is 0. The van der Waals surface area contributed by atoms with Gasteiger partial charge in [0.25, 0.3) is 0 Å². The lowest BCUT2D eigenvalue weighted by Gasteiger charge is -1.72. The Hall–Kier alpha value is -0.280. The molecule has 0 atom stereocenters. The third kappa shape index (κ3) is 255. The summed E-state index contributed by atoms with van der Waals surface area (Å²) >= 11 is 0. The smallest absolute Gasteiger partial charge is 0.00461 e. The molecule has 1 radical (unpaired) electrons. The SMILES string of the molecule is NCCN.NCCN.NCCN.[CH2]CN. The van der Waals surface area contributed by atoms with Crippen LogP contribution in [0.2, 0.25) is 0 Å². The molecule has 0 amide bonds. The molecule has 0 aliphatic heterocycles. The summed E-state index contributed by atoms with van der Waals surface area (Å²) in [5, 5.41) is 0. The fourth-order valence-corrected chi connectivity index (χ4v) is 0. The Kier molecular flexibility index (Phi) is 79.0. The largest absolute Gasteiger partial charge is 0.330 e. The monoisotopic (exact) mass is 224 g/mol. The zero-order valence-corrected chi connectivity index (χ0v) is 9.70. The first-order valence-electron chi connectivity index (χ1n) is 4.86. The molecule has 97 valence electrons. The van der Waals surface area contributed by atoms with Crippen molar-refractivity contribution < 1.29 is 0 Å². The fraction of sp³-hybridized carbons (Fsp3) is 0.875. The predicted molar refractivity (Wildman–Crippen MR) is 68.7 cm³/mol. The minimum absolute atomic E-state index is 0.500. The third-order valence-electron chi connectivity index (χ3n) is 0.500. The van der Waals surface area contributed by atoms with E-state index < -0.39 is 0 Å². The van der Waals surface area contributed by atoms with E-state index in [1.165, 1.54) is 0 Å². The summed E-state index contributed by atoms with van der Waals surface area (Å²) in [7, 11) is 0. The highest BCUT2D eigenvalue weighted by atomic mass is 14.6. The number of hydrogen-bond acceptors (Lipinski definition) is 7. The van der Waals surface area contributed by atoms with Crippen LogP contribution in [-0.4, -0.2) is 45.8 Å². The molecule has 0 aliphatic rings. The molecule has 7 heteroatoms. The first kappa shape index (κ1) is 24.1. The summed E-state index contributed by atoms with van der Waals surface area (Å²) in [4.78, 5) is 0. The van der Waals surface area contributed by atoms with Crippen molar-refractivity contribution in [2.24, 2.45) is 40.1 Å². The van der Waals surface area contributed by atoms with Crippen molar-refractivity contribution in [3.05, 3.63) is 6.92 Å². The van der Waals surface area contributed by atoms with Gasteiger partial charge in [-0.05, 0) is 13.5 Å². The predicted octanol–water partition coefficient (Wildman–Crippen LogP) is -3.51. The number of hydrogen-bond donors (Lipinski definition) is 7. The summed E-state index contributed by atoms with van der Waals surface area (Å²) in [5.41, 5.74) is 34.2. The summed E-state index contributed by atoms with van der Waals surface area (Å²) in [6, 6.07) is 0. The van der Waals surface area contributed by atoms with E-state index in [1.807, 2.05) is 0 Å². The molecule has 0 aliphatic carbocycles. The van der Waals surface area contributed by atoms with Crippen LogP contribution >= 0.6 is 0 Å². The molecule has 7 nitrogen and oxygen atoms in total. The van der Waals surface area contributed by atoms with Gasteiger partial charge in [-0.3, -0.25) is 0 Å². The maximum atomic E-state index is 4.90. The van der Waals surface area contributed by atoms with E-state index in [0.717, 1.165) is 0 Å². The first-order chi connectivity index (χ1) is 7.16. The van der Waals surface area contributed by atoms with Crippen LogP contribution in [0.5, 0.6) is 0 Å². The Morgan fingerprint density at radius 2 is 0.533 bits per heavy atom. The lowest BCUT2D eigenvalue weighted by atomic mass is 10.7. The zero-order chi connectivity index (χ0) is 12.9. The van der Waals surface area contributed by atoms with Crippen molar-refractivity contribution in [1.29, 1.82) is 0 Å². The fourth-order valence-electron chi connectivity index (χ4n) is 0. The molecule has 0 fully saturated rings. The average Bonchev–Trinajstić information content (AvgIpc) is 2.30. The van der Waals surface area contributed by atoms with Gasteiger partial charge < -0.3 is 40.1 Å². The topological polar surface area (TPSA) is 182 Å². The number of nitrogens with two attached hydrogens (primary N) is 7. The molecule has 14 N–H and O–H groups in total. The van der Waals surface area contributed by atoms with E-state index in [2.05, 4.69) is 6.92 Å². The highest BCUT2D eigenvalue weighted by Crippen LogP contribution is 1.25. The van der Waals surface area contributed by atoms with E-state index in [0.29, 0.717) is 45.8 Å². The average molecular weight is 224 g/mol. The van der Waals surface area contributed by atoms with Crippen LogP contribution in [0, 0.1) is 6.92 Å². The Labute approximate surface area is 93.7 Å². The van der Waals surface area contributed by atoms with Crippen LogP contribution in [0.15, 0.2) is 0 Å². The van der Waals surface area contributed by atoms with E-state index in [4.69, 9.17) is 40.1 Å². The summed E-state index contributed by atoms with van der Waals surface area (Å²) in [6.45, 7) is 7.35. The molecule has 0 rings (SSSR count). The zero-order valence-electron chi connectivity index (χ0n) is 9.70. The molecular weight excluding hydrogens is 194 g/mol. The number of rotatable bonds is 3. The standard InChI is InChI=1S/3C2H8N2.C2H6N/c3*3-1-2-4;1-2-3/h3*1-4H2;1-3H2. The molecule has 0 saturated heterocycles. The Morgan fingerprint density at radius 1 is 0.467 bits per heavy atom. The van der Waals surface area contributed by atoms with Gasteiger partial charge in [-0.25, -0.2) is 0 Å². The van der Waals surface area contributed by atoms with Crippen molar-refractivity contribution in [3.8, 4) is 0 Å². The van der Waals surface area contributed by atoms with Crippen molar-refractivity contribution in [2.45, 2.75) is 0 Å². The molecule has 0 heterocycles. The van der Waals surface area contributed by atoms with Gasteiger partial charge in [0.15, 0.2) is 0 Å². The summed E-state index contributed by atoms with van der Waals surface area (Å²) in [6.07, 6.45) is 0. The molecule has 15 heavy (non-hydrogen) atoms. The molecule has 0 spiro atoms. The third-order valence-corrected chi connectivity index (χ3v) is 0.500. The van der Waals surface area contributed by atoms with E-state index in [9.17, 15) is 0 Å². The minimum atomic E-state index is 0.500. The maximum Gasteiger partial charge on any atom is 0.00461 e.